The number of nitriles is 1. The maximum Gasteiger partial charge on any atom is 0.408 e. The molecule has 0 aliphatic carbocycles. The molecule has 4 atom stereocenters. The number of carbonyl (C=O) groups is 3. The molecule has 0 radical (unpaired) electrons. The topological polar surface area (TPSA) is 138 Å². The van der Waals surface area contributed by atoms with Crippen molar-refractivity contribution in [3.05, 3.63) is 35.9 Å². The maximum absolute atomic E-state index is 12.5. The molecule has 28 heavy (non-hydrogen) atoms. The molecule has 0 spiro atoms. The number of benzene rings is 1. The van der Waals surface area contributed by atoms with Gasteiger partial charge < -0.3 is 25.2 Å². The van der Waals surface area contributed by atoms with E-state index in [1.807, 2.05) is 12.1 Å². The molecule has 1 aromatic carbocycles. The molecular formula is C19H25N3O6. The van der Waals surface area contributed by atoms with Crippen LogP contribution in [0.4, 0.5) is 4.79 Å². The minimum Gasteiger partial charge on any atom is -0.467 e. The second kappa shape index (κ2) is 11.6. The number of nitrogens with one attached hydrogen (secondary N) is 2. The number of alkyl carbamates (subject to hydrolysis) is 1. The first-order chi connectivity index (χ1) is 13.3. The van der Waals surface area contributed by atoms with Crippen molar-refractivity contribution < 1.29 is 29.0 Å². The molecule has 2 amide bonds. The zero-order valence-electron chi connectivity index (χ0n) is 16.0. The quantitative estimate of drug-likeness (QED) is 0.531. The van der Waals surface area contributed by atoms with Gasteiger partial charge in [-0.1, -0.05) is 37.3 Å². The van der Waals surface area contributed by atoms with Crippen molar-refractivity contribution in [1.29, 1.82) is 5.26 Å². The van der Waals surface area contributed by atoms with Gasteiger partial charge in [-0.25, -0.2) is 9.59 Å². The van der Waals surface area contributed by atoms with Gasteiger partial charge in [-0.05, 0) is 12.5 Å². The van der Waals surface area contributed by atoms with Crippen LogP contribution in [0.3, 0.4) is 0 Å². The second-order valence-corrected chi connectivity index (χ2v) is 6.27. The van der Waals surface area contributed by atoms with Crippen LogP contribution < -0.4 is 10.6 Å². The number of ether oxygens (including phenoxy) is 2. The van der Waals surface area contributed by atoms with Gasteiger partial charge in [0.05, 0.1) is 19.3 Å². The summed E-state index contributed by atoms with van der Waals surface area (Å²) in [5.41, 5.74) is 0.756. The highest BCUT2D eigenvalue weighted by atomic mass is 16.5. The van der Waals surface area contributed by atoms with E-state index in [-0.39, 0.29) is 13.0 Å². The fourth-order valence-electron chi connectivity index (χ4n) is 2.36. The van der Waals surface area contributed by atoms with Gasteiger partial charge in [-0.15, -0.1) is 0 Å². The molecular weight excluding hydrogens is 366 g/mol. The molecule has 0 unspecified atom stereocenters. The van der Waals surface area contributed by atoms with Crippen molar-refractivity contribution in [1.82, 2.24) is 10.6 Å². The van der Waals surface area contributed by atoms with Gasteiger partial charge in [-0.2, -0.15) is 5.26 Å². The van der Waals surface area contributed by atoms with Crippen LogP contribution in [-0.4, -0.2) is 48.4 Å². The van der Waals surface area contributed by atoms with E-state index in [0.717, 1.165) is 12.7 Å². The molecule has 152 valence electrons. The Kier molecular flexibility index (Phi) is 9.47. The summed E-state index contributed by atoms with van der Waals surface area (Å²) >= 11 is 0. The summed E-state index contributed by atoms with van der Waals surface area (Å²) in [6, 6.07) is 8.40. The molecule has 0 fully saturated rings. The van der Waals surface area contributed by atoms with E-state index in [1.54, 1.807) is 31.2 Å². The third-order valence-corrected chi connectivity index (χ3v) is 3.99. The smallest absolute Gasteiger partial charge is 0.408 e. The zero-order chi connectivity index (χ0) is 21.1. The summed E-state index contributed by atoms with van der Waals surface area (Å²) in [7, 11) is 1.16. The number of carbonyl (C=O) groups excluding carboxylic acids is 3. The van der Waals surface area contributed by atoms with Crippen molar-refractivity contribution >= 4 is 18.0 Å². The highest BCUT2D eigenvalue weighted by Gasteiger charge is 2.33. The average Bonchev–Trinajstić information content (AvgIpc) is 2.68. The number of hydrogen-bond acceptors (Lipinski definition) is 7. The molecule has 0 aliphatic heterocycles. The molecule has 0 bridgehead atoms. The van der Waals surface area contributed by atoms with Crippen molar-refractivity contribution in [2.45, 2.75) is 45.1 Å². The van der Waals surface area contributed by atoms with E-state index in [0.29, 0.717) is 0 Å². The lowest BCUT2D eigenvalue weighted by Crippen LogP contribution is -2.57. The van der Waals surface area contributed by atoms with Gasteiger partial charge in [0.1, 0.15) is 18.7 Å². The van der Waals surface area contributed by atoms with Crippen LogP contribution in [0, 0.1) is 17.2 Å². The fourth-order valence-corrected chi connectivity index (χ4v) is 2.36. The minimum absolute atomic E-state index is 0.00589. The molecule has 0 aliphatic rings. The van der Waals surface area contributed by atoms with E-state index in [2.05, 4.69) is 15.4 Å². The van der Waals surface area contributed by atoms with Crippen LogP contribution in [0.5, 0.6) is 0 Å². The number of aliphatic hydroxyl groups is 1. The van der Waals surface area contributed by atoms with Crippen molar-refractivity contribution in [2.24, 2.45) is 5.92 Å². The number of rotatable bonds is 9. The van der Waals surface area contributed by atoms with Crippen LogP contribution in [0.15, 0.2) is 30.3 Å². The lowest BCUT2D eigenvalue weighted by molar-refractivity contribution is -0.147. The molecule has 9 heteroatoms. The summed E-state index contributed by atoms with van der Waals surface area (Å²) in [6.45, 7) is 2.91. The Bertz CT molecular complexity index is 701. The highest BCUT2D eigenvalue weighted by molar-refractivity contribution is 5.90. The molecule has 9 nitrogen and oxygen atoms in total. The molecule has 0 aromatic heterocycles. The minimum atomic E-state index is -1.36. The van der Waals surface area contributed by atoms with Gasteiger partial charge in [0.15, 0.2) is 0 Å². The summed E-state index contributed by atoms with van der Waals surface area (Å²) in [6.07, 6.45) is -2.15. The molecule has 1 rings (SSSR count). The predicted molar refractivity (Wildman–Crippen MR) is 98.6 cm³/mol. The molecule has 0 saturated carbocycles. The van der Waals surface area contributed by atoms with E-state index < -0.39 is 42.1 Å². The van der Waals surface area contributed by atoms with Crippen molar-refractivity contribution in [3.8, 4) is 6.07 Å². The summed E-state index contributed by atoms with van der Waals surface area (Å²) in [5.74, 6) is -2.06. The normalized spacial score (nSPS) is 14.5. The van der Waals surface area contributed by atoms with Crippen molar-refractivity contribution in [3.63, 3.8) is 0 Å². The molecule has 0 saturated heterocycles. The lowest BCUT2D eigenvalue weighted by atomic mass is 9.98. The Morgan fingerprint density at radius 3 is 2.32 bits per heavy atom. The number of methoxy groups -OCH3 is 1. The monoisotopic (exact) mass is 391 g/mol. The summed E-state index contributed by atoms with van der Waals surface area (Å²) in [4.78, 5) is 36.4. The first-order valence-electron chi connectivity index (χ1n) is 8.70. The first kappa shape index (κ1) is 22.9. The number of nitrogens with zero attached hydrogens (tertiary/aromatic N) is 1. The van der Waals surface area contributed by atoms with Gasteiger partial charge in [0, 0.05) is 12.3 Å². The van der Waals surface area contributed by atoms with Gasteiger partial charge >= 0.3 is 12.1 Å². The average molecular weight is 391 g/mol. The highest BCUT2D eigenvalue weighted by Crippen LogP contribution is 2.10. The van der Waals surface area contributed by atoms with E-state index in [9.17, 15) is 19.5 Å². The Morgan fingerprint density at radius 1 is 1.14 bits per heavy atom. The van der Waals surface area contributed by atoms with E-state index in [1.165, 1.54) is 6.92 Å². The SMILES string of the molecule is COC(=O)[C@@H](NC(=O)[C@@H](NC(=O)OCc1ccccc1)[C@@H](C)O)[C@@H](C)CC#N. The lowest BCUT2D eigenvalue weighted by Gasteiger charge is -2.26. The summed E-state index contributed by atoms with van der Waals surface area (Å²) in [5, 5.41) is 23.4. The number of esters is 1. The number of hydrogen-bond donors (Lipinski definition) is 3. The van der Waals surface area contributed by atoms with Crippen LogP contribution in [0.2, 0.25) is 0 Å². The Labute approximate surface area is 163 Å². The molecule has 1 aromatic rings. The third-order valence-electron chi connectivity index (χ3n) is 3.99. The van der Waals surface area contributed by atoms with Gasteiger partial charge in [0.2, 0.25) is 5.91 Å². The van der Waals surface area contributed by atoms with Gasteiger partial charge in [-0.3, -0.25) is 4.79 Å². The first-order valence-corrected chi connectivity index (χ1v) is 8.70. The van der Waals surface area contributed by atoms with Gasteiger partial charge in [0.25, 0.3) is 0 Å². The van der Waals surface area contributed by atoms with Crippen LogP contribution >= 0.6 is 0 Å². The second-order valence-electron chi connectivity index (χ2n) is 6.27. The molecule has 3 N–H and O–H groups in total. The summed E-state index contributed by atoms with van der Waals surface area (Å²) < 4.78 is 9.69. The fraction of sp³-hybridized carbons (Fsp3) is 0.474. The third kappa shape index (κ3) is 7.25. The van der Waals surface area contributed by atoms with Crippen LogP contribution in [0.25, 0.3) is 0 Å². The van der Waals surface area contributed by atoms with Crippen LogP contribution in [0.1, 0.15) is 25.8 Å². The number of aliphatic hydroxyl groups excluding tert-OH is 1. The maximum atomic E-state index is 12.5. The molecule has 0 heterocycles. The standard InChI is InChI=1S/C19H25N3O6/c1-12(9-10-20)15(18(25)27-3)21-17(24)16(13(2)23)22-19(26)28-11-14-7-5-4-6-8-14/h4-8,12-13,15-16,23H,9,11H2,1-3H3,(H,21,24)(H,22,26)/t12-,13+,15-,16-/m0/s1. The van der Waals surface area contributed by atoms with E-state index >= 15 is 0 Å². The van der Waals surface area contributed by atoms with Crippen molar-refractivity contribution in [2.75, 3.05) is 7.11 Å². The van der Waals surface area contributed by atoms with E-state index in [4.69, 9.17) is 10.00 Å². The van der Waals surface area contributed by atoms with Crippen LogP contribution in [-0.2, 0) is 25.7 Å². The Morgan fingerprint density at radius 2 is 1.79 bits per heavy atom. The zero-order valence-corrected chi connectivity index (χ0v) is 16.0. The largest absolute Gasteiger partial charge is 0.467 e. The Balaban J connectivity index is 2.74. The predicted octanol–water partition coefficient (Wildman–Crippen LogP) is 0.870. The number of amides is 2. The Hall–Kier alpha value is -3.12.